The van der Waals surface area contributed by atoms with E-state index in [1.807, 2.05) is 24.3 Å². The molecule has 0 bridgehead atoms. The molecule has 0 spiro atoms. The first kappa shape index (κ1) is 24.8. The van der Waals surface area contributed by atoms with Gasteiger partial charge < -0.3 is 10.6 Å². The van der Waals surface area contributed by atoms with Crippen molar-refractivity contribution in [3.05, 3.63) is 78.1 Å². The normalized spacial score (nSPS) is 16.1. The van der Waals surface area contributed by atoms with Crippen LogP contribution in [0.2, 0.25) is 0 Å². The van der Waals surface area contributed by atoms with E-state index in [9.17, 15) is 22.4 Å². The molecular weight excluding hydrogens is 469 g/mol. The van der Waals surface area contributed by atoms with Crippen LogP contribution in [0.3, 0.4) is 0 Å². The van der Waals surface area contributed by atoms with Gasteiger partial charge in [-0.2, -0.15) is 4.31 Å². The maximum absolute atomic E-state index is 13.5. The predicted octanol–water partition coefficient (Wildman–Crippen LogP) is 3.00. The second kappa shape index (κ2) is 10.5. The summed E-state index contributed by atoms with van der Waals surface area (Å²) in [5.41, 5.74) is 0.593. The molecule has 2 N–H and O–H groups in total. The van der Waals surface area contributed by atoms with Crippen LogP contribution in [0.5, 0.6) is 0 Å². The molecule has 184 valence electrons. The first-order valence-corrected chi connectivity index (χ1v) is 13.0. The molecule has 0 saturated carbocycles. The minimum atomic E-state index is -3.65. The van der Waals surface area contributed by atoms with E-state index in [1.165, 1.54) is 23.4 Å². The Morgan fingerprint density at radius 2 is 1.71 bits per heavy atom. The van der Waals surface area contributed by atoms with Gasteiger partial charge in [0.15, 0.2) is 0 Å². The number of nitrogens with one attached hydrogen (secondary N) is 2. The minimum Gasteiger partial charge on any atom is -0.351 e. The molecule has 1 fully saturated rings. The lowest BCUT2D eigenvalue weighted by atomic mass is 10.0. The van der Waals surface area contributed by atoms with Crippen molar-refractivity contribution in [1.82, 2.24) is 14.9 Å². The Balaban J connectivity index is 1.38. The maximum atomic E-state index is 13.5. The highest BCUT2D eigenvalue weighted by Gasteiger charge is 2.31. The number of piperidine rings is 1. The van der Waals surface area contributed by atoms with Crippen LogP contribution in [0.1, 0.15) is 25.3 Å². The highest BCUT2D eigenvalue weighted by molar-refractivity contribution is 7.89. The van der Waals surface area contributed by atoms with Gasteiger partial charge in [0, 0.05) is 32.5 Å². The minimum absolute atomic E-state index is 0.151. The molecule has 2 amide bonds. The van der Waals surface area contributed by atoms with Crippen molar-refractivity contribution in [3.8, 4) is 0 Å². The fraction of sp³-hybridized carbons (Fsp3) is 0.308. The predicted molar refractivity (Wildman–Crippen MR) is 132 cm³/mol. The number of carbonyl (C=O) groups is 2. The molecule has 0 unspecified atom stereocenters. The number of fused-ring (bicyclic) bond motifs is 1. The van der Waals surface area contributed by atoms with Crippen LogP contribution < -0.4 is 10.6 Å². The fourth-order valence-electron chi connectivity index (χ4n) is 4.37. The second-order valence-corrected chi connectivity index (χ2v) is 10.7. The summed E-state index contributed by atoms with van der Waals surface area (Å²) in [5, 5.41) is 7.38. The molecule has 1 atom stereocenters. The molecule has 0 radical (unpaired) electrons. The summed E-state index contributed by atoms with van der Waals surface area (Å²) < 4.78 is 41.3. The quantitative estimate of drug-likeness (QED) is 0.525. The van der Waals surface area contributed by atoms with Gasteiger partial charge in [-0.1, -0.05) is 42.5 Å². The number of halogens is 1. The van der Waals surface area contributed by atoms with Crippen LogP contribution >= 0.6 is 0 Å². The lowest BCUT2D eigenvalue weighted by Gasteiger charge is -2.32. The van der Waals surface area contributed by atoms with Crippen LogP contribution in [0.15, 0.2) is 71.6 Å². The lowest BCUT2D eigenvalue weighted by molar-refractivity contribution is -0.128. The SMILES string of the molecule is CC(=O)N[C@H](Cc1cccc(F)c1)C(=O)NC1CCN(S(=O)(=O)c2ccc3ccccc3c2)CC1. The van der Waals surface area contributed by atoms with E-state index in [0.29, 0.717) is 18.4 Å². The number of nitrogens with zero attached hydrogens (tertiary/aromatic N) is 1. The third-order valence-electron chi connectivity index (χ3n) is 6.18. The highest BCUT2D eigenvalue weighted by atomic mass is 32.2. The Bertz CT molecular complexity index is 1340. The topological polar surface area (TPSA) is 95.6 Å². The van der Waals surface area contributed by atoms with Gasteiger partial charge in [-0.25, -0.2) is 12.8 Å². The van der Waals surface area contributed by atoms with E-state index in [-0.39, 0.29) is 42.3 Å². The molecule has 0 aliphatic carbocycles. The van der Waals surface area contributed by atoms with E-state index in [0.717, 1.165) is 10.8 Å². The van der Waals surface area contributed by atoms with E-state index >= 15 is 0 Å². The van der Waals surface area contributed by atoms with E-state index in [2.05, 4.69) is 10.6 Å². The zero-order valence-corrected chi connectivity index (χ0v) is 20.2. The number of sulfonamides is 1. The number of hydrogen-bond donors (Lipinski definition) is 2. The van der Waals surface area contributed by atoms with Crippen LogP contribution in [-0.4, -0.2) is 49.7 Å². The van der Waals surface area contributed by atoms with E-state index in [4.69, 9.17) is 0 Å². The van der Waals surface area contributed by atoms with E-state index in [1.54, 1.807) is 30.3 Å². The van der Waals surface area contributed by atoms with Gasteiger partial charge in [0.25, 0.3) is 0 Å². The summed E-state index contributed by atoms with van der Waals surface area (Å²) in [7, 11) is -3.65. The zero-order chi connectivity index (χ0) is 25.0. The van der Waals surface area contributed by atoms with Crippen molar-refractivity contribution in [2.24, 2.45) is 0 Å². The van der Waals surface area contributed by atoms with Crippen LogP contribution in [0, 0.1) is 5.82 Å². The smallest absolute Gasteiger partial charge is 0.243 e. The van der Waals surface area contributed by atoms with Crippen LogP contribution in [-0.2, 0) is 26.0 Å². The molecule has 3 aromatic rings. The van der Waals surface area contributed by atoms with Crippen molar-refractivity contribution in [2.45, 2.75) is 43.2 Å². The third kappa shape index (κ3) is 6.04. The molecule has 1 heterocycles. The largest absolute Gasteiger partial charge is 0.351 e. The molecule has 0 aromatic heterocycles. The summed E-state index contributed by atoms with van der Waals surface area (Å²) >= 11 is 0. The molecule has 1 saturated heterocycles. The van der Waals surface area contributed by atoms with Gasteiger partial charge in [-0.05, 0) is 53.4 Å². The lowest BCUT2D eigenvalue weighted by Crippen LogP contribution is -2.53. The van der Waals surface area contributed by atoms with Gasteiger partial charge in [-0.3, -0.25) is 9.59 Å². The summed E-state index contributed by atoms with van der Waals surface area (Å²) in [6.45, 7) is 1.87. The molecule has 1 aliphatic rings. The fourth-order valence-corrected chi connectivity index (χ4v) is 5.88. The second-order valence-electron chi connectivity index (χ2n) is 8.78. The van der Waals surface area contributed by atoms with Crippen molar-refractivity contribution < 1.29 is 22.4 Å². The number of rotatable bonds is 7. The molecule has 1 aliphatic heterocycles. The van der Waals surface area contributed by atoms with Gasteiger partial charge >= 0.3 is 0 Å². The Morgan fingerprint density at radius 1 is 1.00 bits per heavy atom. The monoisotopic (exact) mass is 497 g/mol. The molecule has 7 nitrogen and oxygen atoms in total. The maximum Gasteiger partial charge on any atom is 0.243 e. The molecule has 9 heteroatoms. The molecule has 3 aromatic carbocycles. The Labute approximate surface area is 204 Å². The van der Waals surface area contributed by atoms with Gasteiger partial charge in [0.05, 0.1) is 4.90 Å². The van der Waals surface area contributed by atoms with Crippen molar-refractivity contribution in [3.63, 3.8) is 0 Å². The van der Waals surface area contributed by atoms with Gasteiger partial charge in [0.1, 0.15) is 11.9 Å². The zero-order valence-electron chi connectivity index (χ0n) is 19.4. The van der Waals surface area contributed by atoms with Crippen molar-refractivity contribution >= 4 is 32.6 Å². The number of hydrogen-bond acceptors (Lipinski definition) is 4. The highest BCUT2D eigenvalue weighted by Crippen LogP contribution is 2.24. The number of benzene rings is 3. The van der Waals surface area contributed by atoms with Crippen LogP contribution in [0.4, 0.5) is 4.39 Å². The number of carbonyl (C=O) groups excluding carboxylic acids is 2. The van der Waals surface area contributed by atoms with Gasteiger partial charge in [0.2, 0.25) is 21.8 Å². The van der Waals surface area contributed by atoms with Gasteiger partial charge in [-0.15, -0.1) is 0 Å². The third-order valence-corrected chi connectivity index (χ3v) is 8.08. The van der Waals surface area contributed by atoms with Crippen molar-refractivity contribution in [1.29, 1.82) is 0 Å². The number of amides is 2. The first-order valence-electron chi connectivity index (χ1n) is 11.5. The van der Waals surface area contributed by atoms with Crippen LogP contribution in [0.25, 0.3) is 10.8 Å². The Morgan fingerprint density at radius 3 is 2.40 bits per heavy atom. The summed E-state index contributed by atoms with van der Waals surface area (Å²) in [5.74, 6) is -1.15. The molecular formula is C26H28FN3O4S. The first-order chi connectivity index (χ1) is 16.7. The average Bonchev–Trinajstić information content (AvgIpc) is 2.83. The Kier molecular flexibility index (Phi) is 7.47. The summed E-state index contributed by atoms with van der Waals surface area (Å²) in [6, 6.07) is 17.5. The Hall–Kier alpha value is -3.30. The summed E-state index contributed by atoms with van der Waals surface area (Å²) in [6.07, 6.45) is 1.05. The average molecular weight is 498 g/mol. The molecule has 4 rings (SSSR count). The van der Waals surface area contributed by atoms with E-state index < -0.39 is 21.9 Å². The van der Waals surface area contributed by atoms with Crippen molar-refractivity contribution in [2.75, 3.05) is 13.1 Å². The molecule has 35 heavy (non-hydrogen) atoms. The summed E-state index contributed by atoms with van der Waals surface area (Å²) in [4.78, 5) is 24.8. The standard InChI is InChI=1S/C26H28FN3O4S/c1-18(31)28-25(16-19-5-4-8-22(27)15-19)26(32)29-23-11-13-30(14-12-23)35(33,34)24-10-9-20-6-2-3-7-21(20)17-24/h2-10,15,17,23,25H,11-14,16H2,1H3,(H,28,31)(H,29,32)/t25-/m1/s1.